The lowest BCUT2D eigenvalue weighted by Gasteiger charge is -2.13. The van der Waals surface area contributed by atoms with E-state index < -0.39 is 0 Å². The lowest BCUT2D eigenvalue weighted by Crippen LogP contribution is -1.96. The number of aromatic nitrogens is 3. The topological polar surface area (TPSA) is 57.1 Å². The monoisotopic (exact) mass is 281 g/mol. The summed E-state index contributed by atoms with van der Waals surface area (Å²) in [6, 6.07) is 7.65. The second-order valence-electron chi connectivity index (χ2n) is 4.65. The van der Waals surface area contributed by atoms with E-state index in [0.29, 0.717) is 0 Å². The summed E-state index contributed by atoms with van der Waals surface area (Å²) in [6.45, 7) is 2.03. The molecule has 0 atom stereocenters. The van der Waals surface area contributed by atoms with Gasteiger partial charge in [-0.05, 0) is 36.8 Å². The van der Waals surface area contributed by atoms with Crippen molar-refractivity contribution in [3.05, 3.63) is 42.2 Å². The van der Waals surface area contributed by atoms with Crippen LogP contribution in [0.2, 0.25) is 0 Å². The smallest absolute Gasteiger partial charge is 0.145 e. The summed E-state index contributed by atoms with van der Waals surface area (Å²) in [7, 11) is 3.29. The Labute approximate surface area is 122 Å². The van der Waals surface area contributed by atoms with Crippen LogP contribution in [-0.4, -0.2) is 29.4 Å². The fraction of sp³-hybridized carbons (Fsp3) is 0.188. The van der Waals surface area contributed by atoms with Gasteiger partial charge in [-0.15, -0.1) is 0 Å². The fourth-order valence-electron chi connectivity index (χ4n) is 2.40. The van der Waals surface area contributed by atoms with E-state index >= 15 is 0 Å². The zero-order chi connectivity index (χ0) is 14.8. The minimum atomic E-state index is 0.720. The molecule has 2 heterocycles. The third kappa shape index (κ3) is 2.27. The number of pyridine rings is 1. The Kier molecular flexibility index (Phi) is 3.39. The van der Waals surface area contributed by atoms with E-state index in [-0.39, 0.29) is 0 Å². The fourth-order valence-corrected chi connectivity index (χ4v) is 2.40. The molecule has 0 bridgehead atoms. The SMILES string of the molecule is COc1ccc(OC)c2c(C)cc(-c3ccnnc3)nc12. The van der Waals surface area contributed by atoms with Gasteiger partial charge < -0.3 is 9.47 Å². The normalized spacial score (nSPS) is 10.6. The van der Waals surface area contributed by atoms with Crippen molar-refractivity contribution in [2.45, 2.75) is 6.92 Å². The van der Waals surface area contributed by atoms with Gasteiger partial charge in [-0.3, -0.25) is 0 Å². The van der Waals surface area contributed by atoms with E-state index in [1.807, 2.05) is 31.2 Å². The molecule has 0 aliphatic carbocycles. The first-order valence-electron chi connectivity index (χ1n) is 6.54. The molecular weight excluding hydrogens is 266 g/mol. The molecule has 106 valence electrons. The molecule has 2 aromatic heterocycles. The van der Waals surface area contributed by atoms with Gasteiger partial charge in [0.1, 0.15) is 17.0 Å². The first kappa shape index (κ1) is 13.3. The van der Waals surface area contributed by atoms with Crippen molar-refractivity contribution in [2.75, 3.05) is 14.2 Å². The molecule has 21 heavy (non-hydrogen) atoms. The molecule has 0 fully saturated rings. The molecule has 0 saturated carbocycles. The van der Waals surface area contributed by atoms with Gasteiger partial charge in [0.15, 0.2) is 0 Å². The summed E-state index contributed by atoms with van der Waals surface area (Å²) in [5.41, 5.74) is 3.60. The molecule has 5 heteroatoms. The summed E-state index contributed by atoms with van der Waals surface area (Å²) in [6.07, 6.45) is 3.35. The molecule has 1 aromatic carbocycles. The maximum atomic E-state index is 5.44. The van der Waals surface area contributed by atoms with Gasteiger partial charge >= 0.3 is 0 Å². The van der Waals surface area contributed by atoms with Gasteiger partial charge in [-0.2, -0.15) is 10.2 Å². The van der Waals surface area contributed by atoms with Crippen LogP contribution in [0.25, 0.3) is 22.2 Å². The van der Waals surface area contributed by atoms with Crippen molar-refractivity contribution in [1.29, 1.82) is 0 Å². The van der Waals surface area contributed by atoms with Crippen molar-refractivity contribution < 1.29 is 9.47 Å². The average Bonchev–Trinajstić information content (AvgIpc) is 2.54. The standard InChI is InChI=1S/C16H15N3O2/c1-10-8-12(11-6-7-17-18-9-11)19-16-14(21-3)5-4-13(20-2)15(10)16/h4-9H,1-3H3. The molecule has 3 rings (SSSR count). The molecule has 0 aliphatic heterocycles. The highest BCUT2D eigenvalue weighted by Gasteiger charge is 2.13. The Morgan fingerprint density at radius 2 is 1.71 bits per heavy atom. The van der Waals surface area contributed by atoms with Gasteiger partial charge in [0.05, 0.1) is 32.3 Å². The van der Waals surface area contributed by atoms with Gasteiger partial charge in [0.25, 0.3) is 0 Å². The Morgan fingerprint density at radius 1 is 0.952 bits per heavy atom. The quantitative estimate of drug-likeness (QED) is 0.738. The molecule has 0 N–H and O–H groups in total. The molecule has 0 radical (unpaired) electrons. The van der Waals surface area contributed by atoms with Crippen LogP contribution in [0.4, 0.5) is 0 Å². The minimum Gasteiger partial charge on any atom is -0.496 e. The number of fused-ring (bicyclic) bond motifs is 1. The highest BCUT2D eigenvalue weighted by molar-refractivity contribution is 5.94. The predicted octanol–water partition coefficient (Wildman–Crippen LogP) is 3.02. The van der Waals surface area contributed by atoms with E-state index in [0.717, 1.165) is 39.2 Å². The predicted molar refractivity (Wildman–Crippen MR) is 80.6 cm³/mol. The van der Waals surface area contributed by atoms with Crippen molar-refractivity contribution in [3.63, 3.8) is 0 Å². The second-order valence-corrected chi connectivity index (χ2v) is 4.65. The van der Waals surface area contributed by atoms with Gasteiger partial charge in [0.2, 0.25) is 0 Å². The summed E-state index contributed by atoms with van der Waals surface area (Å²) in [5, 5.41) is 8.66. The highest BCUT2D eigenvalue weighted by Crippen LogP contribution is 2.35. The average molecular weight is 281 g/mol. The number of methoxy groups -OCH3 is 2. The van der Waals surface area contributed by atoms with Crippen LogP contribution in [0.3, 0.4) is 0 Å². The van der Waals surface area contributed by atoms with Gasteiger partial charge in [0, 0.05) is 10.9 Å². The second kappa shape index (κ2) is 5.36. The third-order valence-electron chi connectivity index (χ3n) is 3.40. The summed E-state index contributed by atoms with van der Waals surface area (Å²) >= 11 is 0. The molecule has 0 aliphatic rings. The van der Waals surface area contributed by atoms with E-state index in [1.165, 1.54) is 0 Å². The van der Waals surface area contributed by atoms with Crippen molar-refractivity contribution >= 4 is 10.9 Å². The van der Waals surface area contributed by atoms with E-state index in [2.05, 4.69) is 10.2 Å². The molecule has 0 spiro atoms. The van der Waals surface area contributed by atoms with Crippen LogP contribution < -0.4 is 9.47 Å². The molecule has 0 amide bonds. The number of nitrogens with zero attached hydrogens (tertiary/aromatic N) is 3. The van der Waals surface area contributed by atoms with Crippen molar-refractivity contribution in [2.24, 2.45) is 0 Å². The van der Waals surface area contributed by atoms with E-state index in [9.17, 15) is 0 Å². The zero-order valence-electron chi connectivity index (χ0n) is 12.1. The zero-order valence-corrected chi connectivity index (χ0v) is 12.1. The van der Waals surface area contributed by atoms with Crippen LogP contribution in [0.5, 0.6) is 11.5 Å². The summed E-state index contributed by atoms with van der Waals surface area (Å²) < 4.78 is 10.9. The van der Waals surface area contributed by atoms with Crippen LogP contribution in [0, 0.1) is 6.92 Å². The number of rotatable bonds is 3. The van der Waals surface area contributed by atoms with Crippen molar-refractivity contribution in [3.8, 4) is 22.8 Å². The minimum absolute atomic E-state index is 0.720. The largest absolute Gasteiger partial charge is 0.496 e. The number of benzene rings is 1. The summed E-state index contributed by atoms with van der Waals surface area (Å²) in [4.78, 5) is 4.71. The molecule has 0 unspecified atom stereocenters. The maximum Gasteiger partial charge on any atom is 0.145 e. The Hall–Kier alpha value is -2.69. The summed E-state index contributed by atoms with van der Waals surface area (Å²) in [5.74, 6) is 1.51. The van der Waals surface area contributed by atoms with Crippen molar-refractivity contribution in [1.82, 2.24) is 15.2 Å². The van der Waals surface area contributed by atoms with Crippen LogP contribution in [-0.2, 0) is 0 Å². The number of hydrogen-bond donors (Lipinski definition) is 0. The molecule has 0 saturated heterocycles. The van der Waals surface area contributed by atoms with E-state index in [1.54, 1.807) is 26.6 Å². The number of ether oxygens (including phenoxy) is 2. The lowest BCUT2D eigenvalue weighted by molar-refractivity contribution is 0.409. The third-order valence-corrected chi connectivity index (χ3v) is 3.40. The van der Waals surface area contributed by atoms with Crippen LogP contribution in [0.15, 0.2) is 36.7 Å². The Bertz CT molecular complexity index is 788. The van der Waals surface area contributed by atoms with Gasteiger partial charge in [-0.1, -0.05) is 0 Å². The molecule has 5 nitrogen and oxygen atoms in total. The Balaban J connectivity index is 2.33. The number of aryl methyl sites for hydroxylation is 1. The van der Waals surface area contributed by atoms with E-state index in [4.69, 9.17) is 14.5 Å². The number of hydrogen-bond acceptors (Lipinski definition) is 5. The van der Waals surface area contributed by atoms with Crippen LogP contribution >= 0.6 is 0 Å². The molecular formula is C16H15N3O2. The van der Waals surface area contributed by atoms with Gasteiger partial charge in [-0.25, -0.2) is 4.98 Å². The Morgan fingerprint density at radius 3 is 2.38 bits per heavy atom. The van der Waals surface area contributed by atoms with Crippen LogP contribution in [0.1, 0.15) is 5.56 Å². The maximum absolute atomic E-state index is 5.44. The first-order valence-corrected chi connectivity index (χ1v) is 6.54. The lowest BCUT2D eigenvalue weighted by atomic mass is 10.0. The first-order chi connectivity index (χ1) is 10.2. The highest BCUT2D eigenvalue weighted by atomic mass is 16.5. The molecule has 3 aromatic rings.